The average Bonchev–Trinajstić information content (AvgIpc) is 2.48. The largest absolute Gasteiger partial charge is 0.338 e. The maximum absolute atomic E-state index is 11.9. The highest BCUT2D eigenvalue weighted by Gasteiger charge is 2.11. The molecule has 1 aromatic rings. The van der Waals surface area contributed by atoms with Gasteiger partial charge < -0.3 is 10.6 Å². The second-order valence-corrected chi connectivity index (χ2v) is 5.84. The van der Waals surface area contributed by atoms with Crippen LogP contribution in [0, 0.1) is 6.92 Å². The van der Waals surface area contributed by atoms with Crippen molar-refractivity contribution in [3.8, 4) is 0 Å². The van der Waals surface area contributed by atoms with Crippen LogP contribution in [0.15, 0.2) is 35.9 Å². The van der Waals surface area contributed by atoms with Crippen LogP contribution >= 0.6 is 0 Å². The van der Waals surface area contributed by atoms with Crippen LogP contribution in [-0.4, -0.2) is 12.6 Å². The zero-order chi connectivity index (χ0) is 15.1. The van der Waals surface area contributed by atoms with Crippen LogP contribution in [0.25, 0.3) is 0 Å². The Morgan fingerprint density at radius 2 is 2.10 bits per heavy atom. The fourth-order valence-electron chi connectivity index (χ4n) is 2.87. The number of urea groups is 1. The lowest BCUT2D eigenvalue weighted by atomic mass is 9.97. The zero-order valence-electron chi connectivity index (χ0n) is 13.1. The van der Waals surface area contributed by atoms with E-state index in [-0.39, 0.29) is 12.1 Å². The molecule has 1 unspecified atom stereocenters. The van der Waals surface area contributed by atoms with Crippen LogP contribution in [-0.2, 0) is 0 Å². The standard InChI is InChI=1S/C18H26N2O/c1-14-8-6-7-11-17(14)15(2)20-18(21)19-13-12-16-9-4-3-5-10-16/h6-9,11,15H,3-5,10,12-13H2,1-2H3,(H2,19,20,21). The van der Waals surface area contributed by atoms with Crippen molar-refractivity contribution in [1.82, 2.24) is 10.6 Å². The number of allylic oxidation sites excluding steroid dienone is 1. The summed E-state index contributed by atoms with van der Waals surface area (Å²) in [4.78, 5) is 11.9. The summed E-state index contributed by atoms with van der Waals surface area (Å²) in [5.41, 5.74) is 3.87. The van der Waals surface area contributed by atoms with E-state index in [2.05, 4.69) is 35.8 Å². The van der Waals surface area contributed by atoms with Crippen molar-refractivity contribution in [2.45, 2.75) is 52.0 Å². The number of carbonyl (C=O) groups excluding carboxylic acids is 1. The summed E-state index contributed by atoms with van der Waals surface area (Å²) >= 11 is 0. The molecule has 0 fully saturated rings. The molecule has 1 atom stereocenters. The minimum Gasteiger partial charge on any atom is -0.338 e. The van der Waals surface area contributed by atoms with Gasteiger partial charge in [-0.2, -0.15) is 0 Å². The monoisotopic (exact) mass is 286 g/mol. The summed E-state index contributed by atoms with van der Waals surface area (Å²) in [5.74, 6) is 0. The lowest BCUT2D eigenvalue weighted by Crippen LogP contribution is -2.37. The summed E-state index contributed by atoms with van der Waals surface area (Å²) in [6.45, 7) is 4.81. The van der Waals surface area contributed by atoms with E-state index in [0.717, 1.165) is 13.0 Å². The highest BCUT2D eigenvalue weighted by atomic mass is 16.2. The number of carbonyl (C=O) groups is 1. The quantitative estimate of drug-likeness (QED) is 0.781. The van der Waals surface area contributed by atoms with Crippen molar-refractivity contribution < 1.29 is 4.79 Å². The van der Waals surface area contributed by atoms with Gasteiger partial charge in [0.2, 0.25) is 0 Å². The molecule has 3 heteroatoms. The van der Waals surface area contributed by atoms with Gasteiger partial charge in [0.05, 0.1) is 6.04 Å². The third kappa shape index (κ3) is 4.92. The van der Waals surface area contributed by atoms with Gasteiger partial charge in [-0.05, 0) is 57.1 Å². The van der Waals surface area contributed by atoms with Crippen LogP contribution in [0.4, 0.5) is 4.79 Å². The van der Waals surface area contributed by atoms with Gasteiger partial charge in [0.15, 0.2) is 0 Å². The van der Waals surface area contributed by atoms with E-state index >= 15 is 0 Å². The van der Waals surface area contributed by atoms with Crippen LogP contribution in [0.2, 0.25) is 0 Å². The molecule has 3 nitrogen and oxygen atoms in total. The predicted octanol–water partition coefficient (Wildman–Crippen LogP) is 4.25. The average molecular weight is 286 g/mol. The van der Waals surface area contributed by atoms with Crippen LogP contribution < -0.4 is 10.6 Å². The maximum atomic E-state index is 11.9. The number of nitrogens with one attached hydrogen (secondary N) is 2. The van der Waals surface area contributed by atoms with Gasteiger partial charge in [-0.1, -0.05) is 35.9 Å². The number of hydrogen-bond donors (Lipinski definition) is 2. The number of aryl methyl sites for hydroxylation is 1. The molecular weight excluding hydrogens is 260 g/mol. The molecule has 0 saturated heterocycles. The second-order valence-electron chi connectivity index (χ2n) is 5.84. The van der Waals surface area contributed by atoms with Gasteiger partial charge in [0.25, 0.3) is 0 Å². The van der Waals surface area contributed by atoms with Crippen molar-refractivity contribution in [3.63, 3.8) is 0 Å². The molecule has 0 aliphatic heterocycles. The van der Waals surface area contributed by atoms with Crippen molar-refractivity contribution >= 4 is 6.03 Å². The SMILES string of the molecule is Cc1ccccc1C(C)NC(=O)NCCC1=CCCCC1. The third-order valence-corrected chi connectivity index (χ3v) is 4.12. The van der Waals surface area contributed by atoms with E-state index in [9.17, 15) is 4.79 Å². The van der Waals surface area contributed by atoms with E-state index in [1.165, 1.54) is 42.4 Å². The molecule has 2 N–H and O–H groups in total. The van der Waals surface area contributed by atoms with E-state index in [4.69, 9.17) is 0 Å². The summed E-state index contributed by atoms with van der Waals surface area (Å²) < 4.78 is 0. The van der Waals surface area contributed by atoms with Crippen molar-refractivity contribution in [1.29, 1.82) is 0 Å². The number of amides is 2. The summed E-state index contributed by atoms with van der Waals surface area (Å²) in [6.07, 6.45) is 8.31. The molecule has 0 aromatic heterocycles. The molecule has 2 rings (SSSR count). The summed E-state index contributed by atoms with van der Waals surface area (Å²) in [7, 11) is 0. The van der Waals surface area contributed by atoms with E-state index in [1.54, 1.807) is 0 Å². The first kappa shape index (κ1) is 15.6. The maximum Gasteiger partial charge on any atom is 0.315 e. The van der Waals surface area contributed by atoms with Crippen LogP contribution in [0.1, 0.15) is 56.2 Å². The first-order chi connectivity index (χ1) is 10.2. The number of rotatable bonds is 5. The fraction of sp³-hybridized carbons (Fsp3) is 0.500. The van der Waals surface area contributed by atoms with E-state index in [0.29, 0.717) is 0 Å². The smallest absolute Gasteiger partial charge is 0.315 e. The van der Waals surface area contributed by atoms with E-state index in [1.807, 2.05) is 19.1 Å². The van der Waals surface area contributed by atoms with E-state index < -0.39 is 0 Å². The molecule has 0 spiro atoms. The highest BCUT2D eigenvalue weighted by molar-refractivity contribution is 5.74. The molecule has 0 heterocycles. The minimum atomic E-state index is -0.0813. The molecule has 0 radical (unpaired) electrons. The Morgan fingerprint density at radius 1 is 1.29 bits per heavy atom. The Bertz CT molecular complexity index is 508. The van der Waals surface area contributed by atoms with Gasteiger partial charge >= 0.3 is 6.03 Å². The third-order valence-electron chi connectivity index (χ3n) is 4.12. The Morgan fingerprint density at radius 3 is 2.81 bits per heavy atom. The predicted molar refractivity (Wildman–Crippen MR) is 87.3 cm³/mol. The summed E-state index contributed by atoms with van der Waals surface area (Å²) in [5, 5.41) is 5.96. The normalized spacial score (nSPS) is 16.0. The Labute approximate surface area is 127 Å². The topological polar surface area (TPSA) is 41.1 Å². The van der Waals surface area contributed by atoms with Gasteiger partial charge in [-0.3, -0.25) is 0 Å². The lowest BCUT2D eigenvalue weighted by molar-refractivity contribution is 0.238. The van der Waals surface area contributed by atoms with Crippen LogP contribution in [0.3, 0.4) is 0 Å². The van der Waals surface area contributed by atoms with Gasteiger partial charge in [0.1, 0.15) is 0 Å². The highest BCUT2D eigenvalue weighted by Crippen LogP contribution is 2.19. The Balaban J connectivity index is 1.74. The van der Waals surface area contributed by atoms with Gasteiger partial charge in [-0.15, -0.1) is 0 Å². The molecule has 1 aliphatic rings. The Hall–Kier alpha value is -1.77. The van der Waals surface area contributed by atoms with Crippen LogP contribution in [0.5, 0.6) is 0 Å². The van der Waals surface area contributed by atoms with Gasteiger partial charge in [-0.25, -0.2) is 4.79 Å². The molecule has 2 amide bonds. The molecule has 21 heavy (non-hydrogen) atoms. The van der Waals surface area contributed by atoms with Crippen molar-refractivity contribution in [2.24, 2.45) is 0 Å². The molecule has 1 aliphatic carbocycles. The summed E-state index contributed by atoms with van der Waals surface area (Å²) in [6, 6.07) is 8.10. The minimum absolute atomic E-state index is 0.0279. The van der Waals surface area contributed by atoms with Gasteiger partial charge in [0, 0.05) is 6.54 Å². The molecule has 0 saturated carbocycles. The number of benzene rings is 1. The van der Waals surface area contributed by atoms with Crippen molar-refractivity contribution in [3.05, 3.63) is 47.0 Å². The Kier molecular flexibility index (Phi) is 5.85. The fourth-order valence-corrected chi connectivity index (χ4v) is 2.87. The number of hydrogen-bond acceptors (Lipinski definition) is 1. The first-order valence-electron chi connectivity index (χ1n) is 7.94. The van der Waals surface area contributed by atoms with Crippen molar-refractivity contribution in [2.75, 3.05) is 6.54 Å². The molecule has 1 aromatic carbocycles. The molecule has 0 bridgehead atoms. The zero-order valence-corrected chi connectivity index (χ0v) is 13.1. The molecule has 114 valence electrons. The lowest BCUT2D eigenvalue weighted by Gasteiger charge is -2.18. The molecular formula is C18H26N2O. The first-order valence-corrected chi connectivity index (χ1v) is 7.94. The second kappa shape index (κ2) is 7.87.